The summed E-state index contributed by atoms with van der Waals surface area (Å²) < 4.78 is 68.4. The van der Waals surface area contributed by atoms with E-state index in [1.54, 1.807) is 0 Å². The number of carbonyl (C=O) groups is 4. The zero-order valence-electron chi connectivity index (χ0n) is 61.3. The highest BCUT2D eigenvalue weighted by molar-refractivity contribution is 7.47. The van der Waals surface area contributed by atoms with Gasteiger partial charge >= 0.3 is 39.5 Å². The second-order valence-corrected chi connectivity index (χ2v) is 30.9. The first kappa shape index (κ1) is 92.1. The Morgan fingerprint density at radius 3 is 0.723 bits per heavy atom. The molecular formula is C75H146O17P2. The molecule has 558 valence electrons. The topological polar surface area (TPSA) is 237 Å². The number of hydrogen-bond acceptors (Lipinski definition) is 15. The number of aliphatic hydroxyl groups is 1. The summed E-state index contributed by atoms with van der Waals surface area (Å²) in [4.78, 5) is 72.6. The molecule has 0 aromatic heterocycles. The number of hydrogen-bond donors (Lipinski definition) is 3. The van der Waals surface area contributed by atoms with Crippen LogP contribution in [0.1, 0.15) is 388 Å². The summed E-state index contributed by atoms with van der Waals surface area (Å²) in [5, 5.41) is 10.6. The van der Waals surface area contributed by atoms with Crippen LogP contribution >= 0.6 is 15.6 Å². The summed E-state index contributed by atoms with van der Waals surface area (Å²) in [6, 6.07) is 0. The maximum atomic E-state index is 13.1. The monoisotopic (exact) mass is 1380 g/mol. The predicted octanol–water partition coefficient (Wildman–Crippen LogP) is 21.9. The van der Waals surface area contributed by atoms with E-state index in [9.17, 15) is 43.2 Å². The minimum absolute atomic E-state index is 0.101. The minimum Gasteiger partial charge on any atom is -0.462 e. The standard InChI is InChI=1S/C75H146O17P2/c1-7-9-11-13-15-17-19-21-23-25-26-28-30-32-34-36-38-47-53-59-74(79)91-70(63-85-72(77)57-51-45-37-35-33-31-29-27-24-22-20-18-16-14-12-10-8-2)65-89-93(81,82)87-61-69(76)62-88-94(83,84)90-66-71(92-75(80)60-54-48-42-40-44-50-56-68(5)6)64-86-73(78)58-52-46-41-39-43-49-55-67(3)4/h67-71,76H,7-66H2,1-6H3,(H,81,82)(H,83,84)/t69-,70-,71-/m1/s1. The first-order valence-corrected chi connectivity index (χ1v) is 42.0. The van der Waals surface area contributed by atoms with Crippen LogP contribution in [0.4, 0.5) is 0 Å². The Labute approximate surface area is 575 Å². The van der Waals surface area contributed by atoms with E-state index in [1.165, 1.54) is 199 Å². The van der Waals surface area contributed by atoms with Crippen LogP contribution in [0.15, 0.2) is 0 Å². The lowest BCUT2D eigenvalue weighted by Gasteiger charge is -2.21. The molecule has 0 aliphatic carbocycles. The third-order valence-corrected chi connectivity index (χ3v) is 19.4. The molecule has 94 heavy (non-hydrogen) atoms. The first-order valence-electron chi connectivity index (χ1n) is 39.0. The number of rotatable bonds is 74. The van der Waals surface area contributed by atoms with E-state index < -0.39 is 97.5 Å². The van der Waals surface area contributed by atoms with Gasteiger partial charge in [-0.15, -0.1) is 0 Å². The van der Waals surface area contributed by atoms with Gasteiger partial charge in [0.05, 0.1) is 26.4 Å². The van der Waals surface area contributed by atoms with Crippen molar-refractivity contribution in [3.05, 3.63) is 0 Å². The summed E-state index contributed by atoms with van der Waals surface area (Å²) in [5.41, 5.74) is 0. The second-order valence-electron chi connectivity index (χ2n) is 28.0. The van der Waals surface area contributed by atoms with Crippen LogP contribution in [0.25, 0.3) is 0 Å². The zero-order valence-corrected chi connectivity index (χ0v) is 63.1. The molecule has 0 saturated heterocycles. The molecule has 0 spiro atoms. The number of aliphatic hydroxyl groups excluding tert-OH is 1. The van der Waals surface area contributed by atoms with Gasteiger partial charge in [0.2, 0.25) is 0 Å². The van der Waals surface area contributed by atoms with Gasteiger partial charge in [-0.1, -0.05) is 337 Å². The molecule has 0 amide bonds. The van der Waals surface area contributed by atoms with Crippen LogP contribution in [-0.2, 0) is 65.4 Å². The van der Waals surface area contributed by atoms with Gasteiger partial charge in [0, 0.05) is 25.7 Å². The Balaban J connectivity index is 5.19. The molecule has 0 saturated carbocycles. The van der Waals surface area contributed by atoms with Crippen molar-refractivity contribution < 1.29 is 80.2 Å². The van der Waals surface area contributed by atoms with Gasteiger partial charge in [-0.25, -0.2) is 9.13 Å². The van der Waals surface area contributed by atoms with Gasteiger partial charge < -0.3 is 33.8 Å². The number of carbonyl (C=O) groups excluding carboxylic acids is 4. The molecule has 0 aromatic rings. The van der Waals surface area contributed by atoms with Gasteiger partial charge in [0.15, 0.2) is 12.2 Å². The molecule has 0 aliphatic rings. The van der Waals surface area contributed by atoms with Gasteiger partial charge in [0.25, 0.3) is 0 Å². The Morgan fingerprint density at radius 2 is 0.489 bits per heavy atom. The molecule has 17 nitrogen and oxygen atoms in total. The molecule has 0 bridgehead atoms. The molecule has 0 aromatic carbocycles. The van der Waals surface area contributed by atoms with E-state index in [4.69, 9.17) is 37.0 Å². The SMILES string of the molecule is CCCCCCCCCCCCCCCCCCCCCC(=O)O[C@H](COC(=O)CCCCCCCCCCCCCCCCCCC)COP(=O)(O)OC[C@@H](O)COP(=O)(O)OC[C@@H](COC(=O)CCCCCCCCC(C)C)OC(=O)CCCCCCCCC(C)C. The van der Waals surface area contributed by atoms with Crippen molar-refractivity contribution in [3.63, 3.8) is 0 Å². The van der Waals surface area contributed by atoms with Crippen LogP contribution in [0.2, 0.25) is 0 Å². The van der Waals surface area contributed by atoms with Crippen molar-refractivity contribution in [1.82, 2.24) is 0 Å². The van der Waals surface area contributed by atoms with Crippen LogP contribution < -0.4 is 0 Å². The summed E-state index contributed by atoms with van der Waals surface area (Å²) >= 11 is 0. The Hall–Kier alpha value is -1.94. The largest absolute Gasteiger partial charge is 0.472 e. The summed E-state index contributed by atoms with van der Waals surface area (Å²) in [6.07, 6.45) is 54.6. The fraction of sp³-hybridized carbons (Fsp3) is 0.947. The fourth-order valence-corrected chi connectivity index (χ4v) is 13.1. The van der Waals surface area contributed by atoms with Crippen molar-refractivity contribution in [2.24, 2.45) is 11.8 Å². The predicted molar refractivity (Wildman–Crippen MR) is 381 cm³/mol. The lowest BCUT2D eigenvalue weighted by Crippen LogP contribution is -2.30. The second kappa shape index (κ2) is 66.9. The van der Waals surface area contributed by atoms with Crippen molar-refractivity contribution >= 4 is 39.5 Å². The fourth-order valence-electron chi connectivity index (χ4n) is 11.5. The molecule has 3 N–H and O–H groups in total. The Bertz CT molecular complexity index is 1820. The van der Waals surface area contributed by atoms with Crippen LogP contribution in [0, 0.1) is 11.8 Å². The molecule has 2 unspecified atom stereocenters. The molecule has 0 radical (unpaired) electrons. The summed E-state index contributed by atoms with van der Waals surface area (Å²) in [7, 11) is -9.91. The lowest BCUT2D eigenvalue weighted by atomic mass is 10.0. The molecular weight excluding hydrogens is 1230 g/mol. The van der Waals surface area contributed by atoms with E-state index in [-0.39, 0.29) is 25.7 Å². The molecule has 0 heterocycles. The lowest BCUT2D eigenvalue weighted by molar-refractivity contribution is -0.161. The molecule has 19 heteroatoms. The average molecular weight is 1380 g/mol. The Morgan fingerprint density at radius 1 is 0.287 bits per heavy atom. The van der Waals surface area contributed by atoms with Crippen molar-refractivity contribution in [2.45, 2.75) is 407 Å². The summed E-state index contributed by atoms with van der Waals surface area (Å²) in [6.45, 7) is 9.41. The van der Waals surface area contributed by atoms with Crippen molar-refractivity contribution in [1.29, 1.82) is 0 Å². The molecule has 0 fully saturated rings. The number of phosphoric ester groups is 2. The number of esters is 4. The highest BCUT2D eigenvalue weighted by Gasteiger charge is 2.30. The maximum absolute atomic E-state index is 13.1. The zero-order chi connectivity index (χ0) is 69.3. The molecule has 5 atom stereocenters. The van der Waals surface area contributed by atoms with E-state index >= 15 is 0 Å². The van der Waals surface area contributed by atoms with Gasteiger partial charge in [-0.3, -0.25) is 37.3 Å². The van der Waals surface area contributed by atoms with E-state index in [0.717, 1.165) is 96.3 Å². The molecule has 0 aliphatic heterocycles. The molecule has 0 rings (SSSR count). The number of ether oxygens (including phenoxy) is 4. The quantitative estimate of drug-likeness (QED) is 0.0222. The van der Waals surface area contributed by atoms with Crippen molar-refractivity contribution in [3.8, 4) is 0 Å². The smallest absolute Gasteiger partial charge is 0.462 e. The highest BCUT2D eigenvalue weighted by Crippen LogP contribution is 2.45. The van der Waals surface area contributed by atoms with E-state index in [2.05, 4.69) is 41.5 Å². The van der Waals surface area contributed by atoms with Crippen LogP contribution in [-0.4, -0.2) is 96.7 Å². The van der Waals surface area contributed by atoms with Crippen LogP contribution in [0.3, 0.4) is 0 Å². The van der Waals surface area contributed by atoms with Gasteiger partial charge in [0.1, 0.15) is 19.3 Å². The van der Waals surface area contributed by atoms with Crippen molar-refractivity contribution in [2.75, 3.05) is 39.6 Å². The minimum atomic E-state index is -4.96. The van der Waals surface area contributed by atoms with Gasteiger partial charge in [-0.05, 0) is 37.5 Å². The maximum Gasteiger partial charge on any atom is 0.472 e. The van der Waals surface area contributed by atoms with Gasteiger partial charge in [-0.2, -0.15) is 0 Å². The Kier molecular flexibility index (Phi) is 65.5. The van der Waals surface area contributed by atoms with E-state index in [0.29, 0.717) is 37.5 Å². The first-order chi connectivity index (χ1) is 45.4. The average Bonchev–Trinajstić information content (AvgIpc) is 1.45. The normalized spacial score (nSPS) is 14.0. The third kappa shape index (κ3) is 68.6. The number of phosphoric acid groups is 2. The van der Waals surface area contributed by atoms with Crippen LogP contribution in [0.5, 0.6) is 0 Å². The third-order valence-electron chi connectivity index (χ3n) is 17.5. The number of unbranched alkanes of at least 4 members (excludes halogenated alkanes) is 44. The summed E-state index contributed by atoms with van der Waals surface area (Å²) in [5.74, 6) is -0.776. The van der Waals surface area contributed by atoms with E-state index in [1.807, 2.05) is 0 Å². The highest BCUT2D eigenvalue weighted by atomic mass is 31.2.